The first-order valence-electron chi connectivity index (χ1n) is 5.85. The molecule has 98 valence electrons. The third-order valence-electron chi connectivity index (χ3n) is 2.55. The van der Waals surface area contributed by atoms with Gasteiger partial charge in [-0.15, -0.1) is 0 Å². The normalized spacial score (nSPS) is 10.2. The molecule has 0 fully saturated rings. The minimum atomic E-state index is -0.143. The smallest absolute Gasteiger partial charge is 0.220 e. The van der Waals surface area contributed by atoms with Gasteiger partial charge in [-0.25, -0.2) is 0 Å². The van der Waals surface area contributed by atoms with Crippen LogP contribution in [0.4, 0.5) is 0 Å². The van der Waals surface area contributed by atoms with Gasteiger partial charge in [-0.2, -0.15) is 0 Å². The molecule has 0 bridgehead atoms. The summed E-state index contributed by atoms with van der Waals surface area (Å²) in [7, 11) is 1.68. The van der Waals surface area contributed by atoms with E-state index >= 15 is 0 Å². The Kier molecular flexibility index (Phi) is 7.18. The van der Waals surface area contributed by atoms with Crippen molar-refractivity contribution in [3.05, 3.63) is 0 Å². The van der Waals surface area contributed by atoms with E-state index in [-0.39, 0.29) is 36.4 Å². The molecule has 0 aliphatic carbocycles. The highest BCUT2D eigenvalue weighted by Gasteiger charge is 2.10. The number of likely N-dealkylation sites (N-methyl/N-ethyl adjacent to an activating group) is 1. The minimum Gasteiger partial charge on any atom is -0.354 e. The highest BCUT2D eigenvalue weighted by molar-refractivity contribution is 5.85. The molecule has 0 unspecified atom stereocenters. The molecule has 5 heteroatoms. The zero-order valence-corrected chi connectivity index (χ0v) is 11.1. The molecule has 0 rings (SSSR count). The number of carbonyl (C=O) groups excluding carboxylic acids is 3. The Bertz CT molecular complexity index is 287. The molecule has 0 aliphatic heterocycles. The number of hydrogen-bond acceptors (Lipinski definition) is 3. The van der Waals surface area contributed by atoms with Crippen molar-refractivity contribution < 1.29 is 14.4 Å². The first kappa shape index (κ1) is 15.6. The van der Waals surface area contributed by atoms with Gasteiger partial charge in [0.1, 0.15) is 5.78 Å². The molecule has 5 nitrogen and oxygen atoms in total. The second kappa shape index (κ2) is 7.81. The number of nitrogens with one attached hydrogen (secondary N) is 1. The molecule has 1 N–H and O–H groups in total. The molecular formula is C12H22N2O3. The van der Waals surface area contributed by atoms with E-state index in [0.717, 1.165) is 0 Å². The zero-order chi connectivity index (χ0) is 13.4. The summed E-state index contributed by atoms with van der Waals surface area (Å²) in [4.78, 5) is 35.0. The third-order valence-corrected chi connectivity index (χ3v) is 2.55. The number of rotatable bonds is 7. The van der Waals surface area contributed by atoms with Gasteiger partial charge in [-0.3, -0.25) is 14.4 Å². The Morgan fingerprint density at radius 3 is 2.24 bits per heavy atom. The fourth-order valence-corrected chi connectivity index (χ4v) is 1.13. The lowest BCUT2D eigenvalue weighted by Gasteiger charge is -2.14. The molecule has 17 heavy (non-hydrogen) atoms. The van der Waals surface area contributed by atoms with E-state index in [0.29, 0.717) is 13.1 Å². The van der Waals surface area contributed by atoms with Crippen molar-refractivity contribution >= 4 is 17.6 Å². The maximum Gasteiger partial charge on any atom is 0.220 e. The molecule has 0 spiro atoms. The molecule has 0 atom stereocenters. The van der Waals surface area contributed by atoms with Crippen LogP contribution in [-0.4, -0.2) is 42.6 Å². The topological polar surface area (TPSA) is 66.5 Å². The van der Waals surface area contributed by atoms with Crippen LogP contribution in [-0.2, 0) is 14.4 Å². The van der Waals surface area contributed by atoms with Crippen molar-refractivity contribution in [1.29, 1.82) is 0 Å². The van der Waals surface area contributed by atoms with Crippen molar-refractivity contribution in [1.82, 2.24) is 10.2 Å². The van der Waals surface area contributed by atoms with Crippen LogP contribution in [0.2, 0.25) is 0 Å². The molecule has 0 aliphatic rings. The average Bonchev–Trinajstić information content (AvgIpc) is 2.25. The molecule has 0 saturated heterocycles. The van der Waals surface area contributed by atoms with Crippen molar-refractivity contribution in [2.75, 3.05) is 20.1 Å². The molecule has 0 saturated carbocycles. The number of carbonyl (C=O) groups is 3. The fraction of sp³-hybridized carbons (Fsp3) is 0.750. The predicted molar refractivity (Wildman–Crippen MR) is 65.4 cm³/mol. The summed E-state index contributed by atoms with van der Waals surface area (Å²) >= 11 is 0. The van der Waals surface area contributed by atoms with Crippen LogP contribution in [0, 0.1) is 5.92 Å². The van der Waals surface area contributed by atoms with Crippen molar-refractivity contribution in [2.24, 2.45) is 5.92 Å². The Balaban J connectivity index is 3.67. The van der Waals surface area contributed by atoms with E-state index in [9.17, 15) is 14.4 Å². The molecule has 0 aromatic rings. The van der Waals surface area contributed by atoms with Crippen LogP contribution >= 0.6 is 0 Å². The Morgan fingerprint density at radius 2 is 1.76 bits per heavy atom. The highest BCUT2D eigenvalue weighted by Crippen LogP contribution is 2.01. The lowest BCUT2D eigenvalue weighted by Crippen LogP contribution is -2.35. The summed E-state index contributed by atoms with van der Waals surface area (Å²) in [6, 6.07) is 0. The van der Waals surface area contributed by atoms with Crippen molar-refractivity contribution in [3.63, 3.8) is 0 Å². The van der Waals surface area contributed by atoms with E-state index in [2.05, 4.69) is 5.32 Å². The Morgan fingerprint density at radius 1 is 1.18 bits per heavy atom. The maximum absolute atomic E-state index is 11.4. The summed E-state index contributed by atoms with van der Waals surface area (Å²) < 4.78 is 0. The van der Waals surface area contributed by atoms with Gasteiger partial charge in [-0.1, -0.05) is 13.8 Å². The van der Waals surface area contributed by atoms with E-state index in [1.807, 2.05) is 13.8 Å². The van der Waals surface area contributed by atoms with Gasteiger partial charge in [0, 0.05) is 45.8 Å². The summed E-state index contributed by atoms with van der Waals surface area (Å²) in [6.07, 6.45) is 0.507. The first-order valence-corrected chi connectivity index (χ1v) is 5.85. The van der Waals surface area contributed by atoms with E-state index in [4.69, 9.17) is 0 Å². The van der Waals surface area contributed by atoms with E-state index in [1.165, 1.54) is 11.8 Å². The molecule has 2 amide bonds. The number of hydrogen-bond donors (Lipinski definition) is 1. The maximum atomic E-state index is 11.4. The monoisotopic (exact) mass is 242 g/mol. The quantitative estimate of drug-likeness (QED) is 0.710. The molecule has 0 aromatic heterocycles. The van der Waals surface area contributed by atoms with E-state index < -0.39 is 0 Å². The number of Topliss-reactive ketones (excluding diaryl/α,β-unsaturated/α-hetero) is 1. The summed E-state index contributed by atoms with van der Waals surface area (Å²) in [5.41, 5.74) is 0. The number of nitrogens with zero attached hydrogens (tertiary/aromatic N) is 1. The van der Waals surface area contributed by atoms with Crippen LogP contribution in [0.3, 0.4) is 0 Å². The summed E-state index contributed by atoms with van der Waals surface area (Å²) in [6.45, 7) is 6.03. The van der Waals surface area contributed by atoms with Gasteiger partial charge >= 0.3 is 0 Å². The van der Waals surface area contributed by atoms with Gasteiger partial charge in [0.15, 0.2) is 0 Å². The Labute approximate surface area is 103 Å². The SMILES string of the molecule is CC(=O)N(C)CCNC(=O)CCC(=O)C(C)C. The summed E-state index contributed by atoms with van der Waals surface area (Å²) in [5.74, 6) is -0.0992. The molecule has 0 radical (unpaired) electrons. The second-order valence-electron chi connectivity index (χ2n) is 4.41. The van der Waals surface area contributed by atoms with Crippen molar-refractivity contribution in [2.45, 2.75) is 33.6 Å². The minimum absolute atomic E-state index is 0.0216. The van der Waals surface area contributed by atoms with Crippen LogP contribution in [0.25, 0.3) is 0 Å². The Hall–Kier alpha value is -1.39. The lowest BCUT2D eigenvalue weighted by molar-refractivity contribution is -0.128. The lowest BCUT2D eigenvalue weighted by atomic mass is 10.0. The second-order valence-corrected chi connectivity index (χ2v) is 4.41. The largest absolute Gasteiger partial charge is 0.354 e. The first-order chi connectivity index (χ1) is 7.84. The third kappa shape index (κ3) is 7.49. The van der Waals surface area contributed by atoms with Crippen LogP contribution in [0.5, 0.6) is 0 Å². The molecule has 0 heterocycles. The standard InChI is InChI=1S/C12H22N2O3/c1-9(2)11(16)5-6-12(17)13-7-8-14(4)10(3)15/h9H,5-8H2,1-4H3,(H,13,17). The predicted octanol–water partition coefficient (Wildman–Crippen LogP) is 0.586. The zero-order valence-electron chi connectivity index (χ0n) is 11.1. The number of amides is 2. The molecule has 0 aromatic carbocycles. The van der Waals surface area contributed by atoms with Crippen LogP contribution in [0.15, 0.2) is 0 Å². The molecular weight excluding hydrogens is 220 g/mol. The van der Waals surface area contributed by atoms with Gasteiger partial charge in [0.2, 0.25) is 11.8 Å². The fourth-order valence-electron chi connectivity index (χ4n) is 1.13. The number of ketones is 1. The summed E-state index contributed by atoms with van der Waals surface area (Å²) in [5, 5.41) is 2.68. The highest BCUT2D eigenvalue weighted by atomic mass is 16.2. The van der Waals surface area contributed by atoms with Gasteiger partial charge < -0.3 is 10.2 Å². The van der Waals surface area contributed by atoms with Gasteiger partial charge in [0.25, 0.3) is 0 Å². The van der Waals surface area contributed by atoms with E-state index in [1.54, 1.807) is 7.05 Å². The average molecular weight is 242 g/mol. The van der Waals surface area contributed by atoms with Gasteiger partial charge in [0.05, 0.1) is 0 Å². The van der Waals surface area contributed by atoms with Crippen LogP contribution < -0.4 is 5.32 Å². The van der Waals surface area contributed by atoms with Crippen molar-refractivity contribution in [3.8, 4) is 0 Å². The van der Waals surface area contributed by atoms with Crippen LogP contribution in [0.1, 0.15) is 33.6 Å². The van der Waals surface area contributed by atoms with Gasteiger partial charge in [-0.05, 0) is 0 Å².